The SMILES string of the molecule is CS(=O)(=O)CC(CS(C)(=O)=O)(CS(C)(=O)=O)NC(=O)COc1ccccc1. The first kappa shape index (κ1) is 23.4. The van der Waals surface area contributed by atoms with E-state index in [2.05, 4.69) is 5.32 Å². The van der Waals surface area contributed by atoms with Gasteiger partial charge in [0.25, 0.3) is 5.91 Å². The quantitative estimate of drug-likeness (QED) is 0.490. The van der Waals surface area contributed by atoms with Crippen molar-refractivity contribution in [3.63, 3.8) is 0 Å². The van der Waals surface area contributed by atoms with Crippen molar-refractivity contribution in [1.29, 1.82) is 0 Å². The maximum Gasteiger partial charge on any atom is 0.258 e. The predicted molar refractivity (Wildman–Crippen MR) is 102 cm³/mol. The van der Waals surface area contributed by atoms with Gasteiger partial charge in [0.05, 0.1) is 22.8 Å². The van der Waals surface area contributed by atoms with E-state index in [1.54, 1.807) is 30.3 Å². The van der Waals surface area contributed by atoms with Gasteiger partial charge in [-0.15, -0.1) is 0 Å². The Bertz CT molecular complexity index is 884. The van der Waals surface area contributed by atoms with Crippen LogP contribution in [0.4, 0.5) is 0 Å². The van der Waals surface area contributed by atoms with E-state index >= 15 is 0 Å². The van der Waals surface area contributed by atoms with Crippen LogP contribution in [0, 0.1) is 0 Å². The molecule has 0 radical (unpaired) electrons. The van der Waals surface area contributed by atoms with Crippen LogP contribution in [0.5, 0.6) is 5.75 Å². The fraction of sp³-hybridized carbons (Fsp3) is 0.533. The van der Waals surface area contributed by atoms with Gasteiger partial charge in [-0.2, -0.15) is 0 Å². The number of hydrogen-bond donors (Lipinski definition) is 1. The second kappa shape index (κ2) is 8.57. The van der Waals surface area contributed by atoms with E-state index in [4.69, 9.17) is 4.74 Å². The highest BCUT2D eigenvalue weighted by Crippen LogP contribution is 2.16. The monoisotopic (exact) mass is 441 g/mol. The van der Waals surface area contributed by atoms with Gasteiger partial charge in [0.15, 0.2) is 6.61 Å². The minimum Gasteiger partial charge on any atom is -0.484 e. The van der Waals surface area contributed by atoms with Crippen LogP contribution in [0.3, 0.4) is 0 Å². The molecule has 1 aromatic carbocycles. The molecule has 0 aromatic heterocycles. The highest BCUT2D eigenvalue weighted by atomic mass is 32.2. The fourth-order valence-corrected chi connectivity index (χ4v) is 6.96. The molecule has 9 nitrogen and oxygen atoms in total. The summed E-state index contributed by atoms with van der Waals surface area (Å²) in [5.74, 6) is -3.02. The Morgan fingerprint density at radius 1 is 0.852 bits per heavy atom. The van der Waals surface area contributed by atoms with Crippen molar-refractivity contribution in [3.05, 3.63) is 30.3 Å². The Hall–Kier alpha value is -1.66. The van der Waals surface area contributed by atoms with Crippen molar-refractivity contribution in [2.45, 2.75) is 5.54 Å². The van der Waals surface area contributed by atoms with Crippen LogP contribution in [0.25, 0.3) is 0 Å². The van der Waals surface area contributed by atoms with Gasteiger partial charge in [0.2, 0.25) is 0 Å². The molecule has 0 atom stereocenters. The number of carbonyl (C=O) groups is 1. The first-order valence-corrected chi connectivity index (χ1v) is 13.8. The fourth-order valence-electron chi connectivity index (χ4n) is 2.74. The van der Waals surface area contributed by atoms with Crippen molar-refractivity contribution in [3.8, 4) is 5.75 Å². The number of hydrogen-bond acceptors (Lipinski definition) is 8. The number of nitrogens with one attached hydrogen (secondary N) is 1. The third kappa shape index (κ3) is 10.3. The van der Waals surface area contributed by atoms with E-state index in [1.807, 2.05) is 0 Å². The van der Waals surface area contributed by atoms with Gasteiger partial charge in [-0.3, -0.25) is 4.79 Å². The number of carbonyl (C=O) groups excluding carboxylic acids is 1. The van der Waals surface area contributed by atoms with Gasteiger partial charge >= 0.3 is 0 Å². The Morgan fingerprint density at radius 2 is 1.26 bits per heavy atom. The second-order valence-electron chi connectivity index (χ2n) is 6.64. The van der Waals surface area contributed by atoms with Gasteiger partial charge in [-0.05, 0) is 12.1 Å². The van der Waals surface area contributed by atoms with Crippen LogP contribution in [0.15, 0.2) is 30.3 Å². The first-order chi connectivity index (χ1) is 12.1. The lowest BCUT2D eigenvalue weighted by atomic mass is 10.1. The minimum atomic E-state index is -3.82. The summed E-state index contributed by atoms with van der Waals surface area (Å²) in [4.78, 5) is 12.3. The van der Waals surface area contributed by atoms with Crippen LogP contribution in [0.1, 0.15) is 0 Å². The number of rotatable bonds is 10. The standard InChI is InChI=1S/C15H23NO8S3/c1-25(18,19)10-15(11-26(2,20)21,12-27(3,22)23)16-14(17)9-24-13-7-5-4-6-8-13/h4-8H,9-12H2,1-3H3,(H,16,17). The van der Waals surface area contributed by atoms with E-state index in [-0.39, 0.29) is 0 Å². The third-order valence-electron chi connectivity index (χ3n) is 3.13. The Balaban J connectivity index is 3.14. The summed E-state index contributed by atoms with van der Waals surface area (Å²) < 4.78 is 76.1. The smallest absolute Gasteiger partial charge is 0.258 e. The molecule has 0 bridgehead atoms. The van der Waals surface area contributed by atoms with E-state index in [0.29, 0.717) is 5.75 Å². The third-order valence-corrected chi connectivity index (χ3v) is 6.36. The van der Waals surface area contributed by atoms with E-state index in [1.165, 1.54) is 0 Å². The lowest BCUT2D eigenvalue weighted by molar-refractivity contribution is -0.124. The lowest BCUT2D eigenvalue weighted by Crippen LogP contribution is -2.61. The van der Waals surface area contributed by atoms with Gasteiger partial charge in [0, 0.05) is 18.8 Å². The normalized spacial score (nSPS) is 13.1. The summed E-state index contributed by atoms with van der Waals surface area (Å²) in [5.41, 5.74) is -2.02. The largest absolute Gasteiger partial charge is 0.484 e. The molecule has 0 saturated carbocycles. The van der Waals surface area contributed by atoms with Crippen molar-refractivity contribution in [1.82, 2.24) is 5.32 Å². The molecular weight excluding hydrogens is 418 g/mol. The molecule has 0 aliphatic heterocycles. The number of para-hydroxylation sites is 1. The van der Waals surface area contributed by atoms with Gasteiger partial charge < -0.3 is 10.1 Å². The molecule has 0 aliphatic carbocycles. The lowest BCUT2D eigenvalue weighted by Gasteiger charge is -2.32. The highest BCUT2D eigenvalue weighted by molar-refractivity contribution is 7.92. The molecule has 0 saturated heterocycles. The zero-order chi connectivity index (χ0) is 20.9. The zero-order valence-electron chi connectivity index (χ0n) is 15.2. The minimum absolute atomic E-state index is 0.368. The molecule has 1 rings (SSSR count). The average Bonchev–Trinajstić information content (AvgIpc) is 2.40. The molecular formula is C15H23NO8S3. The summed E-state index contributed by atoms with van der Waals surface area (Å²) in [5, 5.41) is 2.27. The predicted octanol–water partition coefficient (Wildman–Crippen LogP) is -0.946. The van der Waals surface area contributed by atoms with Crippen LogP contribution in [-0.4, -0.2) is 79.3 Å². The van der Waals surface area contributed by atoms with Crippen molar-refractivity contribution in [2.24, 2.45) is 0 Å². The summed E-state index contributed by atoms with van der Waals surface area (Å²) in [6.45, 7) is -0.539. The second-order valence-corrected chi connectivity index (χ2v) is 13.1. The number of amides is 1. The van der Waals surface area contributed by atoms with Crippen LogP contribution in [0.2, 0.25) is 0 Å². The Labute approximate surface area is 159 Å². The molecule has 1 aromatic rings. The molecule has 0 unspecified atom stereocenters. The van der Waals surface area contributed by atoms with Gasteiger partial charge in [-0.1, -0.05) is 18.2 Å². The van der Waals surface area contributed by atoms with E-state index < -0.39 is 64.8 Å². The summed E-state index contributed by atoms with van der Waals surface area (Å²) in [6, 6.07) is 8.26. The summed E-state index contributed by atoms with van der Waals surface area (Å²) in [6.07, 6.45) is 2.50. The number of benzene rings is 1. The molecule has 0 fully saturated rings. The molecule has 0 spiro atoms. The average molecular weight is 442 g/mol. The molecule has 0 aliphatic rings. The zero-order valence-corrected chi connectivity index (χ0v) is 17.7. The Kier molecular flexibility index (Phi) is 7.42. The molecule has 12 heteroatoms. The van der Waals surface area contributed by atoms with E-state index in [9.17, 15) is 30.0 Å². The van der Waals surface area contributed by atoms with Gasteiger partial charge in [0.1, 0.15) is 35.3 Å². The van der Waals surface area contributed by atoms with Crippen molar-refractivity contribution >= 4 is 35.4 Å². The molecule has 27 heavy (non-hydrogen) atoms. The van der Waals surface area contributed by atoms with Crippen LogP contribution >= 0.6 is 0 Å². The van der Waals surface area contributed by atoms with Crippen LogP contribution in [-0.2, 0) is 34.3 Å². The summed E-state index contributed by atoms with van der Waals surface area (Å²) in [7, 11) is -11.5. The topological polar surface area (TPSA) is 141 Å². The molecule has 154 valence electrons. The van der Waals surface area contributed by atoms with Crippen molar-refractivity contribution in [2.75, 3.05) is 42.6 Å². The summed E-state index contributed by atoms with van der Waals surface area (Å²) >= 11 is 0. The maximum absolute atomic E-state index is 12.3. The molecule has 1 N–H and O–H groups in total. The van der Waals surface area contributed by atoms with E-state index in [0.717, 1.165) is 18.8 Å². The van der Waals surface area contributed by atoms with Crippen molar-refractivity contribution < 1.29 is 34.8 Å². The number of ether oxygens (including phenoxy) is 1. The number of sulfone groups is 3. The Morgan fingerprint density at radius 3 is 1.63 bits per heavy atom. The maximum atomic E-state index is 12.3. The molecule has 1 amide bonds. The highest BCUT2D eigenvalue weighted by Gasteiger charge is 2.41. The molecule has 0 heterocycles. The first-order valence-electron chi connectivity index (χ1n) is 7.61. The van der Waals surface area contributed by atoms with Gasteiger partial charge in [-0.25, -0.2) is 25.3 Å². The van der Waals surface area contributed by atoms with Crippen LogP contribution < -0.4 is 10.1 Å².